The molecule has 28 heavy (non-hydrogen) atoms. The number of benzene rings is 3. The van der Waals surface area contributed by atoms with E-state index < -0.39 is 5.54 Å². The second kappa shape index (κ2) is 7.49. The standard InChI is InChI=1S/C24H25N3O/c1-3-27(4-2)23(28)25-26-24(18-12-6-5-7-13-18)21-16-10-8-14-19(21)20-15-9-11-17-22(20)24/h5-17,26H,3-4H2,1-2H3,(H,25,28). The largest absolute Gasteiger partial charge is 0.331 e. The third kappa shape index (κ3) is 2.77. The molecular formula is C24H25N3O. The fourth-order valence-corrected chi connectivity index (χ4v) is 4.18. The zero-order valence-electron chi connectivity index (χ0n) is 16.3. The lowest BCUT2D eigenvalue weighted by Crippen LogP contribution is -2.55. The summed E-state index contributed by atoms with van der Waals surface area (Å²) in [6.45, 7) is 5.29. The van der Waals surface area contributed by atoms with Crippen molar-refractivity contribution in [3.63, 3.8) is 0 Å². The van der Waals surface area contributed by atoms with Gasteiger partial charge in [0.25, 0.3) is 0 Å². The molecule has 0 fully saturated rings. The summed E-state index contributed by atoms with van der Waals surface area (Å²) in [5, 5.41) is 0. The number of carbonyl (C=O) groups is 1. The van der Waals surface area contributed by atoms with Crippen LogP contribution in [-0.2, 0) is 5.54 Å². The molecule has 0 radical (unpaired) electrons. The Morgan fingerprint density at radius 3 is 1.82 bits per heavy atom. The van der Waals surface area contributed by atoms with Gasteiger partial charge in [0.15, 0.2) is 0 Å². The van der Waals surface area contributed by atoms with Crippen LogP contribution in [0.2, 0.25) is 0 Å². The Bertz CT molecular complexity index is 934. The summed E-state index contributed by atoms with van der Waals surface area (Å²) < 4.78 is 0. The number of nitrogens with zero attached hydrogens (tertiary/aromatic N) is 1. The predicted molar refractivity (Wildman–Crippen MR) is 113 cm³/mol. The lowest BCUT2D eigenvalue weighted by atomic mass is 9.81. The van der Waals surface area contributed by atoms with Gasteiger partial charge < -0.3 is 4.90 Å². The van der Waals surface area contributed by atoms with E-state index >= 15 is 0 Å². The first-order valence-corrected chi connectivity index (χ1v) is 9.79. The Morgan fingerprint density at radius 1 is 0.786 bits per heavy atom. The van der Waals surface area contributed by atoms with Gasteiger partial charge in [0.05, 0.1) is 0 Å². The maximum Gasteiger partial charge on any atom is 0.331 e. The number of fused-ring (bicyclic) bond motifs is 3. The quantitative estimate of drug-likeness (QED) is 0.648. The molecule has 142 valence electrons. The first kappa shape index (κ1) is 18.3. The molecule has 0 aromatic heterocycles. The van der Waals surface area contributed by atoms with Gasteiger partial charge in [-0.3, -0.25) is 5.43 Å². The molecule has 1 aliphatic carbocycles. The van der Waals surface area contributed by atoms with Gasteiger partial charge in [-0.05, 0) is 41.7 Å². The Balaban J connectivity index is 1.87. The van der Waals surface area contributed by atoms with E-state index in [4.69, 9.17) is 0 Å². The minimum Gasteiger partial charge on any atom is -0.324 e. The summed E-state index contributed by atoms with van der Waals surface area (Å²) in [5.41, 5.74) is 11.5. The number of hydrogen-bond acceptors (Lipinski definition) is 2. The summed E-state index contributed by atoms with van der Waals surface area (Å²) in [4.78, 5) is 14.5. The smallest absolute Gasteiger partial charge is 0.324 e. The highest BCUT2D eigenvalue weighted by Gasteiger charge is 2.44. The topological polar surface area (TPSA) is 44.4 Å². The number of carbonyl (C=O) groups excluding carboxylic acids is 1. The second-order valence-corrected chi connectivity index (χ2v) is 6.93. The number of amides is 2. The monoisotopic (exact) mass is 371 g/mol. The van der Waals surface area contributed by atoms with E-state index in [1.165, 1.54) is 11.1 Å². The fourth-order valence-electron chi connectivity index (χ4n) is 4.18. The van der Waals surface area contributed by atoms with Crippen molar-refractivity contribution in [2.45, 2.75) is 19.4 Å². The lowest BCUT2D eigenvalue weighted by molar-refractivity contribution is 0.193. The van der Waals surface area contributed by atoms with Crippen LogP contribution in [0.25, 0.3) is 11.1 Å². The summed E-state index contributed by atoms with van der Waals surface area (Å²) in [6.07, 6.45) is 0. The maximum absolute atomic E-state index is 12.7. The summed E-state index contributed by atoms with van der Waals surface area (Å²) >= 11 is 0. The molecule has 2 amide bonds. The lowest BCUT2D eigenvalue weighted by Gasteiger charge is -2.35. The molecule has 0 heterocycles. The van der Waals surface area contributed by atoms with Crippen LogP contribution in [0.15, 0.2) is 78.9 Å². The minimum atomic E-state index is -0.642. The first-order valence-electron chi connectivity index (χ1n) is 9.79. The predicted octanol–water partition coefficient (Wildman–Crippen LogP) is 4.51. The molecule has 0 unspecified atom stereocenters. The molecule has 1 aliphatic rings. The summed E-state index contributed by atoms with van der Waals surface area (Å²) in [6, 6.07) is 27.0. The number of hydrazine groups is 1. The average Bonchev–Trinajstić information content (AvgIpc) is 3.05. The second-order valence-electron chi connectivity index (χ2n) is 6.93. The van der Waals surface area contributed by atoms with Crippen molar-refractivity contribution in [2.24, 2.45) is 0 Å². The first-order chi connectivity index (χ1) is 13.7. The van der Waals surface area contributed by atoms with E-state index in [9.17, 15) is 4.79 Å². The third-order valence-electron chi connectivity index (χ3n) is 5.57. The number of rotatable bonds is 5. The van der Waals surface area contributed by atoms with Gasteiger partial charge in [-0.1, -0.05) is 78.9 Å². The zero-order valence-corrected chi connectivity index (χ0v) is 16.3. The molecule has 0 saturated heterocycles. The van der Waals surface area contributed by atoms with Crippen molar-refractivity contribution in [1.82, 2.24) is 15.8 Å². The van der Waals surface area contributed by atoms with Crippen molar-refractivity contribution in [1.29, 1.82) is 0 Å². The van der Waals surface area contributed by atoms with Gasteiger partial charge in [-0.15, -0.1) is 0 Å². The third-order valence-corrected chi connectivity index (χ3v) is 5.57. The molecular weight excluding hydrogens is 346 g/mol. The Kier molecular flexibility index (Phi) is 4.88. The van der Waals surface area contributed by atoms with Gasteiger partial charge in [0, 0.05) is 13.1 Å². The Hall–Kier alpha value is -3.11. The fraction of sp³-hybridized carbons (Fsp3) is 0.208. The van der Waals surface area contributed by atoms with Crippen molar-refractivity contribution in [3.05, 3.63) is 95.6 Å². The summed E-state index contributed by atoms with van der Waals surface area (Å²) in [7, 11) is 0. The van der Waals surface area contributed by atoms with Gasteiger partial charge in [-0.25, -0.2) is 10.2 Å². The van der Waals surface area contributed by atoms with Crippen LogP contribution in [0, 0.1) is 0 Å². The van der Waals surface area contributed by atoms with Crippen molar-refractivity contribution in [2.75, 3.05) is 13.1 Å². The molecule has 2 N–H and O–H groups in total. The van der Waals surface area contributed by atoms with E-state index in [-0.39, 0.29) is 6.03 Å². The molecule has 4 heteroatoms. The van der Waals surface area contributed by atoms with Crippen molar-refractivity contribution < 1.29 is 4.79 Å². The molecule has 0 aliphatic heterocycles. The molecule has 0 spiro atoms. The molecule has 0 bridgehead atoms. The zero-order chi connectivity index (χ0) is 19.6. The van der Waals surface area contributed by atoms with Crippen molar-refractivity contribution >= 4 is 6.03 Å². The number of urea groups is 1. The molecule has 4 rings (SSSR count). The molecule has 3 aromatic rings. The van der Waals surface area contributed by atoms with Crippen LogP contribution in [0.5, 0.6) is 0 Å². The van der Waals surface area contributed by atoms with Crippen LogP contribution in [-0.4, -0.2) is 24.0 Å². The highest BCUT2D eigenvalue weighted by Crippen LogP contribution is 2.50. The Morgan fingerprint density at radius 2 is 1.29 bits per heavy atom. The van der Waals surface area contributed by atoms with Crippen LogP contribution in [0.1, 0.15) is 30.5 Å². The van der Waals surface area contributed by atoms with Gasteiger partial charge >= 0.3 is 6.03 Å². The van der Waals surface area contributed by atoms with E-state index in [1.54, 1.807) is 4.90 Å². The van der Waals surface area contributed by atoms with E-state index in [1.807, 2.05) is 32.0 Å². The SMILES string of the molecule is CCN(CC)C(=O)NNC1(c2ccccc2)c2ccccc2-c2ccccc21. The van der Waals surface area contributed by atoms with E-state index in [0.29, 0.717) is 13.1 Å². The maximum atomic E-state index is 12.7. The number of hydrogen-bond donors (Lipinski definition) is 2. The van der Waals surface area contributed by atoms with E-state index in [2.05, 4.69) is 71.5 Å². The molecule has 0 atom stereocenters. The summed E-state index contributed by atoms with van der Waals surface area (Å²) in [5.74, 6) is 0. The average molecular weight is 371 g/mol. The van der Waals surface area contributed by atoms with Crippen LogP contribution < -0.4 is 10.9 Å². The van der Waals surface area contributed by atoms with Crippen LogP contribution in [0.4, 0.5) is 4.79 Å². The van der Waals surface area contributed by atoms with Crippen molar-refractivity contribution in [3.8, 4) is 11.1 Å². The molecule has 4 nitrogen and oxygen atoms in total. The van der Waals surface area contributed by atoms with E-state index in [0.717, 1.165) is 16.7 Å². The van der Waals surface area contributed by atoms with Gasteiger partial charge in [0.1, 0.15) is 5.54 Å². The highest BCUT2D eigenvalue weighted by atomic mass is 16.2. The minimum absolute atomic E-state index is 0.123. The van der Waals surface area contributed by atoms with Gasteiger partial charge in [0.2, 0.25) is 0 Å². The normalized spacial score (nSPS) is 13.5. The van der Waals surface area contributed by atoms with Crippen LogP contribution in [0.3, 0.4) is 0 Å². The molecule has 0 saturated carbocycles. The number of nitrogens with one attached hydrogen (secondary N) is 2. The van der Waals surface area contributed by atoms with Crippen LogP contribution >= 0.6 is 0 Å². The highest BCUT2D eigenvalue weighted by molar-refractivity contribution is 5.83. The molecule has 3 aromatic carbocycles. The van der Waals surface area contributed by atoms with Gasteiger partial charge in [-0.2, -0.15) is 0 Å². The Labute approximate surface area is 166 Å².